The van der Waals surface area contributed by atoms with Gasteiger partial charge in [0.25, 0.3) is 0 Å². The molecule has 5 nitrogen and oxygen atoms in total. The molecule has 6 heteroatoms. The summed E-state index contributed by atoms with van der Waals surface area (Å²) in [5.74, 6) is 1.37. The fourth-order valence-electron chi connectivity index (χ4n) is 3.57. The number of ether oxygens (including phenoxy) is 2. The fraction of sp³-hybridized carbons (Fsp3) is 0.429. The fourth-order valence-corrected chi connectivity index (χ4v) is 3.82. The summed E-state index contributed by atoms with van der Waals surface area (Å²) in [5, 5.41) is 0. The second kappa shape index (κ2) is 8.65. The summed E-state index contributed by atoms with van der Waals surface area (Å²) in [6, 6.07) is 7.91. The van der Waals surface area contributed by atoms with Crippen molar-refractivity contribution in [2.75, 3.05) is 25.2 Å². The van der Waals surface area contributed by atoms with Crippen molar-refractivity contribution in [1.82, 2.24) is 4.98 Å². The number of aromatic amines is 1. The zero-order chi connectivity index (χ0) is 19.4. The van der Waals surface area contributed by atoms with Gasteiger partial charge in [-0.2, -0.15) is 11.8 Å². The van der Waals surface area contributed by atoms with Crippen molar-refractivity contribution in [1.29, 1.82) is 0 Å². The molecule has 0 spiro atoms. The van der Waals surface area contributed by atoms with Crippen LogP contribution in [0.1, 0.15) is 56.9 Å². The number of hydrogen-bond acceptors (Lipinski definition) is 5. The van der Waals surface area contributed by atoms with Gasteiger partial charge in [-0.1, -0.05) is 12.1 Å². The van der Waals surface area contributed by atoms with E-state index >= 15 is 0 Å². The Labute approximate surface area is 163 Å². The molecule has 0 saturated carbocycles. The number of nitrogens with one attached hydrogen (secondary N) is 1. The van der Waals surface area contributed by atoms with Crippen LogP contribution in [0.5, 0.6) is 5.75 Å². The highest BCUT2D eigenvalue weighted by Gasteiger charge is 2.32. The number of esters is 1. The van der Waals surface area contributed by atoms with Gasteiger partial charge in [0.05, 0.1) is 6.61 Å². The monoisotopic (exact) mass is 387 g/mol. The number of hydrogen-bond donors (Lipinski definition) is 1. The summed E-state index contributed by atoms with van der Waals surface area (Å²) in [5.41, 5.74) is 3.71. The zero-order valence-electron chi connectivity index (χ0n) is 16.0. The van der Waals surface area contributed by atoms with Crippen molar-refractivity contribution in [3.05, 3.63) is 52.3 Å². The largest absolute Gasteiger partial charge is 0.494 e. The van der Waals surface area contributed by atoms with Crippen LogP contribution < -0.4 is 4.74 Å². The first-order valence-electron chi connectivity index (χ1n) is 9.18. The molecular weight excluding hydrogens is 362 g/mol. The Bertz CT molecular complexity index is 825. The zero-order valence-corrected chi connectivity index (χ0v) is 16.8. The first-order valence-corrected chi connectivity index (χ1v) is 10.6. The molecule has 0 amide bonds. The van der Waals surface area contributed by atoms with Crippen molar-refractivity contribution in [3.8, 4) is 5.75 Å². The molecule has 1 N–H and O–H groups in total. The molecule has 27 heavy (non-hydrogen) atoms. The second-order valence-electron chi connectivity index (χ2n) is 6.64. The molecule has 0 aliphatic heterocycles. The average molecular weight is 388 g/mol. The second-order valence-corrected chi connectivity index (χ2v) is 7.62. The van der Waals surface area contributed by atoms with Gasteiger partial charge in [-0.05, 0) is 55.7 Å². The Morgan fingerprint density at radius 1 is 1.26 bits per heavy atom. The van der Waals surface area contributed by atoms with E-state index in [1.54, 1.807) is 11.8 Å². The van der Waals surface area contributed by atoms with Crippen LogP contribution in [-0.4, -0.2) is 42.0 Å². The lowest BCUT2D eigenvalue weighted by molar-refractivity contribution is 0.0523. The van der Waals surface area contributed by atoms with E-state index in [9.17, 15) is 9.59 Å². The molecule has 0 saturated heterocycles. The summed E-state index contributed by atoms with van der Waals surface area (Å²) in [7, 11) is 0. The molecule has 144 valence electrons. The topological polar surface area (TPSA) is 68.4 Å². The third kappa shape index (κ3) is 4.21. The first-order chi connectivity index (χ1) is 13.0. The Kier molecular flexibility index (Phi) is 6.26. The Morgan fingerprint density at radius 3 is 2.67 bits per heavy atom. The summed E-state index contributed by atoms with van der Waals surface area (Å²) in [6.45, 7) is 4.76. The molecule has 0 fully saturated rings. The minimum atomic E-state index is -0.388. The van der Waals surface area contributed by atoms with Gasteiger partial charge >= 0.3 is 5.97 Å². The molecule has 3 rings (SSSR count). The van der Waals surface area contributed by atoms with Crippen LogP contribution in [0.15, 0.2) is 24.3 Å². The van der Waals surface area contributed by atoms with Crippen molar-refractivity contribution in [2.45, 2.75) is 32.6 Å². The summed E-state index contributed by atoms with van der Waals surface area (Å²) < 4.78 is 10.8. The molecule has 0 radical (unpaired) electrons. The number of rotatable bonds is 7. The van der Waals surface area contributed by atoms with E-state index in [1.165, 1.54) is 0 Å². The Balaban J connectivity index is 1.79. The number of H-pyrrole nitrogens is 1. The van der Waals surface area contributed by atoms with E-state index in [0.29, 0.717) is 42.9 Å². The maximum Gasteiger partial charge on any atom is 0.355 e. The Hall–Kier alpha value is -2.21. The van der Waals surface area contributed by atoms with E-state index in [4.69, 9.17) is 9.47 Å². The molecule has 1 aliphatic carbocycles. The number of carbonyl (C=O) groups excluding carboxylic acids is 2. The normalized spacial score (nSPS) is 16.1. The third-order valence-corrected chi connectivity index (χ3v) is 5.45. The lowest BCUT2D eigenvalue weighted by Crippen LogP contribution is -2.18. The van der Waals surface area contributed by atoms with Crippen molar-refractivity contribution >= 4 is 23.5 Å². The van der Waals surface area contributed by atoms with E-state index in [-0.39, 0.29) is 17.7 Å². The number of carbonyl (C=O) groups is 2. The first kappa shape index (κ1) is 19.5. The predicted molar refractivity (Wildman–Crippen MR) is 107 cm³/mol. The summed E-state index contributed by atoms with van der Waals surface area (Å²) in [6.07, 6.45) is 3.11. The van der Waals surface area contributed by atoms with Crippen molar-refractivity contribution < 1.29 is 19.1 Å². The number of benzene rings is 1. The molecule has 0 bridgehead atoms. The van der Waals surface area contributed by atoms with E-state index in [0.717, 1.165) is 22.8 Å². The number of aromatic nitrogens is 1. The minimum absolute atomic E-state index is 0.0760. The van der Waals surface area contributed by atoms with Gasteiger partial charge < -0.3 is 14.5 Å². The van der Waals surface area contributed by atoms with E-state index < -0.39 is 0 Å². The van der Waals surface area contributed by atoms with Gasteiger partial charge in [0.2, 0.25) is 0 Å². The summed E-state index contributed by atoms with van der Waals surface area (Å²) >= 11 is 1.62. The van der Waals surface area contributed by atoms with Gasteiger partial charge in [0.15, 0.2) is 5.78 Å². The molecule has 1 heterocycles. The molecular formula is C21H25NO4S. The van der Waals surface area contributed by atoms with Gasteiger partial charge in [0, 0.05) is 23.4 Å². The molecule has 2 aromatic rings. The van der Waals surface area contributed by atoms with Gasteiger partial charge in [-0.3, -0.25) is 4.79 Å². The average Bonchev–Trinajstić information content (AvgIpc) is 3.00. The van der Waals surface area contributed by atoms with Crippen LogP contribution in [0.2, 0.25) is 0 Å². The van der Waals surface area contributed by atoms with Crippen LogP contribution in [-0.2, 0) is 11.2 Å². The molecule has 1 aromatic carbocycles. The molecule has 0 unspecified atom stereocenters. The Morgan fingerprint density at radius 2 is 2.00 bits per heavy atom. The van der Waals surface area contributed by atoms with Crippen molar-refractivity contribution in [3.63, 3.8) is 0 Å². The van der Waals surface area contributed by atoms with E-state index in [2.05, 4.69) is 4.98 Å². The number of fused-ring (bicyclic) bond motifs is 1. The maximum atomic E-state index is 12.8. The minimum Gasteiger partial charge on any atom is -0.494 e. The summed E-state index contributed by atoms with van der Waals surface area (Å²) in [4.78, 5) is 28.2. The van der Waals surface area contributed by atoms with Crippen LogP contribution in [0, 0.1) is 6.92 Å². The lowest BCUT2D eigenvalue weighted by Gasteiger charge is -2.22. The number of thioether (sulfide) groups is 1. The van der Waals surface area contributed by atoms with Gasteiger partial charge in [-0.15, -0.1) is 0 Å². The van der Waals surface area contributed by atoms with Crippen molar-refractivity contribution in [2.24, 2.45) is 0 Å². The predicted octanol–water partition coefficient (Wildman–Crippen LogP) is 4.15. The molecule has 1 atom stereocenters. The van der Waals surface area contributed by atoms with Crippen LogP contribution in [0.25, 0.3) is 0 Å². The standard InChI is InChI=1S/C21H25NO4S/c1-4-25-16-7-5-14(6-8-16)15-11-17-19(18(23)12-15)13(2)20(22-17)21(24)26-9-10-27-3/h5-8,15,22H,4,9-12H2,1-3H3/t15-/m0/s1. The number of ketones is 1. The number of Topliss-reactive ketones (excluding diaryl/α,β-unsaturated/α-hetero) is 1. The van der Waals surface area contributed by atoms with Crippen LogP contribution in [0.4, 0.5) is 0 Å². The highest BCUT2D eigenvalue weighted by molar-refractivity contribution is 7.98. The highest BCUT2D eigenvalue weighted by Crippen LogP contribution is 2.35. The maximum absolute atomic E-state index is 12.8. The molecule has 1 aliphatic rings. The smallest absolute Gasteiger partial charge is 0.355 e. The highest BCUT2D eigenvalue weighted by atomic mass is 32.2. The third-order valence-electron chi connectivity index (χ3n) is 4.88. The molecule has 1 aromatic heterocycles. The van der Waals surface area contributed by atoms with Gasteiger partial charge in [0.1, 0.15) is 18.1 Å². The van der Waals surface area contributed by atoms with Gasteiger partial charge in [-0.25, -0.2) is 4.79 Å². The van der Waals surface area contributed by atoms with E-state index in [1.807, 2.05) is 44.4 Å². The SMILES string of the molecule is CCOc1ccc([C@@H]2CC(=O)c3c([nH]c(C(=O)OCCSC)c3C)C2)cc1. The quantitative estimate of drug-likeness (QED) is 0.571. The van der Waals surface area contributed by atoms with Crippen LogP contribution >= 0.6 is 11.8 Å². The van der Waals surface area contributed by atoms with Crippen LogP contribution in [0.3, 0.4) is 0 Å². The lowest BCUT2D eigenvalue weighted by atomic mass is 9.81.